The molecule has 1 aromatic carbocycles. The topological polar surface area (TPSA) is 38.0 Å². The van der Waals surface area contributed by atoms with Crippen LogP contribution in [-0.4, -0.2) is 12.6 Å². The number of nitrogens with two attached hydrogens (primary N) is 1. The van der Waals surface area contributed by atoms with Gasteiger partial charge in [-0.1, -0.05) is 33.6 Å². The minimum Gasteiger partial charge on any atom is -0.329 e. The summed E-state index contributed by atoms with van der Waals surface area (Å²) in [6, 6.07) is 6.19. The maximum absolute atomic E-state index is 6.05. The van der Waals surface area contributed by atoms with E-state index in [4.69, 9.17) is 17.3 Å². The van der Waals surface area contributed by atoms with Gasteiger partial charge in [0.2, 0.25) is 0 Å². The first-order valence-corrected chi connectivity index (χ1v) is 5.68. The van der Waals surface area contributed by atoms with Crippen molar-refractivity contribution in [3.8, 4) is 0 Å². The molecule has 4 heteroatoms. The van der Waals surface area contributed by atoms with Crippen molar-refractivity contribution in [3.63, 3.8) is 0 Å². The Balaban J connectivity index is 2.59. The molecule has 0 unspecified atom stereocenters. The normalized spacial score (nSPS) is 12.9. The van der Waals surface area contributed by atoms with Gasteiger partial charge in [0, 0.05) is 28.6 Å². The van der Waals surface area contributed by atoms with E-state index in [-0.39, 0.29) is 0 Å². The molecule has 14 heavy (non-hydrogen) atoms. The second-order valence-electron chi connectivity index (χ2n) is 3.25. The zero-order chi connectivity index (χ0) is 10.6. The summed E-state index contributed by atoms with van der Waals surface area (Å²) in [4.78, 5) is 0. The first-order chi connectivity index (χ1) is 6.63. The number of rotatable bonds is 4. The van der Waals surface area contributed by atoms with Gasteiger partial charge in [-0.2, -0.15) is 0 Å². The van der Waals surface area contributed by atoms with Crippen LogP contribution in [0.15, 0.2) is 22.7 Å². The van der Waals surface area contributed by atoms with Crippen molar-refractivity contribution in [1.29, 1.82) is 0 Å². The summed E-state index contributed by atoms with van der Waals surface area (Å²) in [6.45, 7) is 3.44. The monoisotopic (exact) mass is 276 g/mol. The maximum atomic E-state index is 6.05. The van der Waals surface area contributed by atoms with E-state index >= 15 is 0 Å². The molecule has 0 saturated carbocycles. The Morgan fingerprint density at radius 3 is 2.86 bits per heavy atom. The van der Waals surface area contributed by atoms with E-state index in [0.717, 1.165) is 21.6 Å². The fourth-order valence-electron chi connectivity index (χ4n) is 1.03. The maximum Gasteiger partial charge on any atom is 0.0462 e. The molecule has 2 nitrogen and oxygen atoms in total. The van der Waals surface area contributed by atoms with Crippen molar-refractivity contribution in [2.75, 3.05) is 6.54 Å². The van der Waals surface area contributed by atoms with E-state index in [1.54, 1.807) is 0 Å². The molecular weight excluding hydrogens is 263 g/mol. The van der Waals surface area contributed by atoms with Crippen molar-refractivity contribution in [3.05, 3.63) is 33.3 Å². The van der Waals surface area contributed by atoms with Crippen LogP contribution in [0.4, 0.5) is 0 Å². The molecule has 0 bridgehead atoms. The van der Waals surface area contributed by atoms with Gasteiger partial charge in [-0.05, 0) is 24.6 Å². The highest BCUT2D eigenvalue weighted by Gasteiger charge is 2.02. The number of halogens is 2. The molecule has 0 amide bonds. The molecule has 3 N–H and O–H groups in total. The van der Waals surface area contributed by atoms with Gasteiger partial charge in [-0.15, -0.1) is 0 Å². The lowest BCUT2D eigenvalue weighted by molar-refractivity contribution is 0.556. The highest BCUT2D eigenvalue weighted by molar-refractivity contribution is 9.10. The predicted molar refractivity (Wildman–Crippen MR) is 64.5 cm³/mol. The number of hydrogen-bond acceptors (Lipinski definition) is 2. The van der Waals surface area contributed by atoms with E-state index in [1.165, 1.54) is 0 Å². The second-order valence-corrected chi connectivity index (χ2v) is 4.58. The quantitative estimate of drug-likeness (QED) is 0.887. The third kappa shape index (κ3) is 3.58. The van der Waals surface area contributed by atoms with Crippen LogP contribution >= 0.6 is 27.5 Å². The number of nitrogens with one attached hydrogen (secondary N) is 1. The highest BCUT2D eigenvalue weighted by atomic mass is 79.9. The molecule has 0 heterocycles. The summed E-state index contributed by atoms with van der Waals surface area (Å²) in [7, 11) is 0. The Morgan fingerprint density at radius 1 is 1.57 bits per heavy atom. The molecule has 0 aromatic heterocycles. The Morgan fingerprint density at radius 2 is 2.29 bits per heavy atom. The van der Waals surface area contributed by atoms with Crippen LogP contribution in [0.1, 0.15) is 12.5 Å². The first kappa shape index (κ1) is 12.0. The van der Waals surface area contributed by atoms with Crippen LogP contribution in [0.3, 0.4) is 0 Å². The molecule has 1 rings (SSSR count). The summed E-state index contributed by atoms with van der Waals surface area (Å²) in [5.41, 5.74) is 6.59. The fraction of sp³-hybridized carbons (Fsp3) is 0.400. The van der Waals surface area contributed by atoms with Crippen LogP contribution in [-0.2, 0) is 6.54 Å². The molecule has 0 radical (unpaired) electrons. The first-order valence-electron chi connectivity index (χ1n) is 4.51. The third-order valence-corrected chi connectivity index (χ3v) is 2.85. The Bertz CT molecular complexity index is 304. The summed E-state index contributed by atoms with van der Waals surface area (Å²) < 4.78 is 0.998. The largest absolute Gasteiger partial charge is 0.329 e. The SMILES string of the molecule is C[C@H](CN)NCc1ccc(Br)cc1Cl. The van der Waals surface area contributed by atoms with Crippen LogP contribution in [0, 0.1) is 0 Å². The van der Waals surface area contributed by atoms with Gasteiger partial charge in [0.25, 0.3) is 0 Å². The average molecular weight is 278 g/mol. The van der Waals surface area contributed by atoms with Gasteiger partial charge in [-0.3, -0.25) is 0 Å². The molecule has 0 aliphatic carbocycles. The van der Waals surface area contributed by atoms with E-state index in [2.05, 4.69) is 21.2 Å². The van der Waals surface area contributed by atoms with Gasteiger partial charge in [0.05, 0.1) is 0 Å². The second kappa shape index (κ2) is 5.71. The van der Waals surface area contributed by atoms with Crippen molar-refractivity contribution in [1.82, 2.24) is 5.32 Å². The zero-order valence-corrected chi connectivity index (χ0v) is 10.4. The fourth-order valence-corrected chi connectivity index (χ4v) is 1.77. The van der Waals surface area contributed by atoms with Gasteiger partial charge in [0.15, 0.2) is 0 Å². The summed E-state index contributed by atoms with van der Waals surface area (Å²) >= 11 is 9.42. The van der Waals surface area contributed by atoms with Crippen molar-refractivity contribution in [2.45, 2.75) is 19.5 Å². The van der Waals surface area contributed by atoms with Gasteiger partial charge < -0.3 is 11.1 Å². The van der Waals surface area contributed by atoms with Gasteiger partial charge in [-0.25, -0.2) is 0 Å². The van der Waals surface area contributed by atoms with Crippen molar-refractivity contribution in [2.24, 2.45) is 5.73 Å². The van der Waals surface area contributed by atoms with E-state index in [0.29, 0.717) is 12.6 Å². The predicted octanol–water partition coefficient (Wildman–Crippen LogP) is 2.54. The van der Waals surface area contributed by atoms with Crippen LogP contribution in [0.2, 0.25) is 5.02 Å². The van der Waals surface area contributed by atoms with Gasteiger partial charge in [0.1, 0.15) is 0 Å². The highest BCUT2D eigenvalue weighted by Crippen LogP contribution is 2.21. The molecule has 1 atom stereocenters. The Hall–Kier alpha value is -0.0900. The summed E-state index contributed by atoms with van der Waals surface area (Å²) in [5.74, 6) is 0. The zero-order valence-electron chi connectivity index (χ0n) is 8.06. The Kier molecular flexibility index (Phi) is 4.89. The van der Waals surface area contributed by atoms with E-state index in [1.807, 2.05) is 25.1 Å². The van der Waals surface area contributed by atoms with Gasteiger partial charge >= 0.3 is 0 Å². The molecular formula is C10H14BrClN2. The molecule has 0 aliphatic heterocycles. The molecule has 1 aromatic rings. The molecule has 0 fully saturated rings. The summed E-state index contributed by atoms with van der Waals surface area (Å²) in [5, 5.41) is 4.06. The molecule has 0 aliphatic rings. The minimum absolute atomic E-state index is 0.315. The standard InChI is InChI=1S/C10H14BrClN2/c1-7(5-13)14-6-8-2-3-9(11)4-10(8)12/h2-4,7,14H,5-6,13H2,1H3/t7-/m1/s1. The minimum atomic E-state index is 0.315. The number of benzene rings is 1. The Labute approximate surface area is 98.0 Å². The lowest BCUT2D eigenvalue weighted by Crippen LogP contribution is -2.32. The summed E-state index contributed by atoms with van der Waals surface area (Å²) in [6.07, 6.45) is 0. The van der Waals surface area contributed by atoms with Crippen LogP contribution in [0.25, 0.3) is 0 Å². The molecule has 0 saturated heterocycles. The lowest BCUT2D eigenvalue weighted by atomic mass is 10.2. The molecule has 78 valence electrons. The van der Waals surface area contributed by atoms with E-state index in [9.17, 15) is 0 Å². The average Bonchev–Trinajstić information content (AvgIpc) is 2.16. The lowest BCUT2D eigenvalue weighted by Gasteiger charge is -2.12. The van der Waals surface area contributed by atoms with Crippen molar-refractivity contribution < 1.29 is 0 Å². The number of hydrogen-bond donors (Lipinski definition) is 2. The van der Waals surface area contributed by atoms with E-state index < -0.39 is 0 Å². The molecule has 0 spiro atoms. The third-order valence-electron chi connectivity index (χ3n) is 2.01. The van der Waals surface area contributed by atoms with Crippen molar-refractivity contribution >= 4 is 27.5 Å². The van der Waals surface area contributed by atoms with Crippen LogP contribution < -0.4 is 11.1 Å². The smallest absolute Gasteiger partial charge is 0.0462 e. The van der Waals surface area contributed by atoms with Crippen LogP contribution in [0.5, 0.6) is 0 Å².